The fraction of sp³-hybridized carbons (Fsp3) is 0.625. The molecule has 0 aliphatic carbocycles. The zero-order valence-electron chi connectivity index (χ0n) is 6.84. The highest BCUT2D eigenvalue weighted by Gasteiger charge is 2.08. The molecule has 0 bridgehead atoms. The smallest absolute Gasteiger partial charge is 0.245 e. The van der Waals surface area contributed by atoms with E-state index in [-0.39, 0.29) is 5.91 Å². The number of likely N-dealkylation sites (tertiary alicyclic amines) is 1. The third-order valence-corrected chi connectivity index (χ3v) is 1.91. The number of hydrogen-bond donors (Lipinski definition) is 1. The standard InChI is InChI=1S/C8H14N2O/c1-7(8(9)11)6-10-4-2-3-5-10/h6H,2-5H2,1H3,(H2,9,11). The van der Waals surface area contributed by atoms with E-state index in [1.165, 1.54) is 12.8 Å². The first-order chi connectivity index (χ1) is 5.20. The summed E-state index contributed by atoms with van der Waals surface area (Å²) in [6, 6.07) is 0. The normalized spacial score (nSPS) is 19.0. The van der Waals surface area contributed by atoms with E-state index in [1.54, 1.807) is 6.92 Å². The molecule has 1 rings (SSSR count). The third kappa shape index (κ3) is 2.26. The van der Waals surface area contributed by atoms with Crippen LogP contribution in [0.5, 0.6) is 0 Å². The van der Waals surface area contributed by atoms with Crippen LogP contribution in [0.15, 0.2) is 11.8 Å². The van der Waals surface area contributed by atoms with Crippen molar-refractivity contribution in [2.75, 3.05) is 13.1 Å². The first-order valence-electron chi connectivity index (χ1n) is 3.92. The minimum atomic E-state index is -0.322. The molecule has 0 saturated carbocycles. The minimum absolute atomic E-state index is 0.322. The average Bonchev–Trinajstić information content (AvgIpc) is 2.39. The molecule has 0 radical (unpaired) electrons. The fourth-order valence-electron chi connectivity index (χ4n) is 1.21. The molecule has 62 valence electrons. The maximum atomic E-state index is 10.6. The summed E-state index contributed by atoms with van der Waals surface area (Å²) >= 11 is 0. The van der Waals surface area contributed by atoms with Gasteiger partial charge in [0, 0.05) is 24.9 Å². The summed E-state index contributed by atoms with van der Waals surface area (Å²) in [5, 5.41) is 0. The van der Waals surface area contributed by atoms with E-state index in [1.807, 2.05) is 6.20 Å². The summed E-state index contributed by atoms with van der Waals surface area (Å²) in [4.78, 5) is 12.8. The molecule has 0 aromatic carbocycles. The van der Waals surface area contributed by atoms with Crippen LogP contribution in [0.2, 0.25) is 0 Å². The number of nitrogens with zero attached hydrogens (tertiary/aromatic N) is 1. The van der Waals surface area contributed by atoms with Crippen molar-refractivity contribution in [1.29, 1.82) is 0 Å². The largest absolute Gasteiger partial charge is 0.377 e. The van der Waals surface area contributed by atoms with Crippen LogP contribution in [-0.4, -0.2) is 23.9 Å². The van der Waals surface area contributed by atoms with E-state index >= 15 is 0 Å². The molecule has 11 heavy (non-hydrogen) atoms. The van der Waals surface area contributed by atoms with Gasteiger partial charge in [0.25, 0.3) is 0 Å². The van der Waals surface area contributed by atoms with Gasteiger partial charge in [-0.2, -0.15) is 0 Å². The van der Waals surface area contributed by atoms with Gasteiger partial charge in [-0.3, -0.25) is 4.79 Å². The van der Waals surface area contributed by atoms with Gasteiger partial charge < -0.3 is 10.6 Å². The zero-order valence-corrected chi connectivity index (χ0v) is 6.84. The van der Waals surface area contributed by atoms with E-state index in [0.29, 0.717) is 5.57 Å². The average molecular weight is 154 g/mol. The lowest BCUT2D eigenvalue weighted by Crippen LogP contribution is -2.17. The second kappa shape index (κ2) is 3.42. The SMILES string of the molecule is CC(=CN1CCCC1)C(N)=O. The molecule has 3 heteroatoms. The Morgan fingerprint density at radius 3 is 2.45 bits per heavy atom. The van der Waals surface area contributed by atoms with E-state index in [0.717, 1.165) is 13.1 Å². The van der Waals surface area contributed by atoms with Crippen LogP contribution in [0.4, 0.5) is 0 Å². The summed E-state index contributed by atoms with van der Waals surface area (Å²) in [6.07, 6.45) is 4.31. The van der Waals surface area contributed by atoms with Gasteiger partial charge in [-0.05, 0) is 19.8 Å². The van der Waals surface area contributed by atoms with Crippen molar-refractivity contribution in [3.05, 3.63) is 11.8 Å². The van der Waals surface area contributed by atoms with Crippen LogP contribution >= 0.6 is 0 Å². The van der Waals surface area contributed by atoms with E-state index < -0.39 is 0 Å². The number of nitrogens with two attached hydrogens (primary N) is 1. The van der Waals surface area contributed by atoms with Crippen LogP contribution in [-0.2, 0) is 4.79 Å². The molecule has 1 saturated heterocycles. The van der Waals surface area contributed by atoms with E-state index in [4.69, 9.17) is 5.73 Å². The molecule has 0 aromatic rings. The van der Waals surface area contributed by atoms with Crippen LogP contribution in [0.1, 0.15) is 19.8 Å². The highest BCUT2D eigenvalue weighted by Crippen LogP contribution is 2.08. The maximum absolute atomic E-state index is 10.6. The molecule has 1 aliphatic rings. The highest BCUT2D eigenvalue weighted by atomic mass is 16.1. The molecule has 1 aliphatic heterocycles. The van der Waals surface area contributed by atoms with Crippen molar-refractivity contribution >= 4 is 5.91 Å². The highest BCUT2D eigenvalue weighted by molar-refractivity contribution is 5.91. The van der Waals surface area contributed by atoms with Crippen molar-refractivity contribution in [2.45, 2.75) is 19.8 Å². The van der Waals surface area contributed by atoms with Crippen molar-refractivity contribution < 1.29 is 4.79 Å². The van der Waals surface area contributed by atoms with Crippen LogP contribution in [0.3, 0.4) is 0 Å². The van der Waals surface area contributed by atoms with Gasteiger partial charge in [-0.1, -0.05) is 0 Å². The summed E-state index contributed by atoms with van der Waals surface area (Å²) < 4.78 is 0. The second-order valence-electron chi connectivity index (χ2n) is 2.92. The number of carbonyl (C=O) groups is 1. The lowest BCUT2D eigenvalue weighted by molar-refractivity contribution is -0.114. The van der Waals surface area contributed by atoms with Crippen molar-refractivity contribution in [3.8, 4) is 0 Å². The lowest BCUT2D eigenvalue weighted by Gasteiger charge is -2.11. The predicted molar refractivity (Wildman–Crippen MR) is 43.8 cm³/mol. The summed E-state index contributed by atoms with van der Waals surface area (Å²) in [7, 11) is 0. The Labute approximate surface area is 66.9 Å². The molecule has 1 heterocycles. The topological polar surface area (TPSA) is 46.3 Å². The Kier molecular flexibility index (Phi) is 2.52. The van der Waals surface area contributed by atoms with Crippen molar-refractivity contribution in [3.63, 3.8) is 0 Å². The van der Waals surface area contributed by atoms with E-state index in [2.05, 4.69) is 4.90 Å². The number of hydrogen-bond acceptors (Lipinski definition) is 2. The molecule has 1 amide bonds. The van der Waals surface area contributed by atoms with Crippen molar-refractivity contribution in [1.82, 2.24) is 4.90 Å². The molecule has 3 nitrogen and oxygen atoms in total. The summed E-state index contributed by atoms with van der Waals surface area (Å²) in [6.45, 7) is 3.87. The maximum Gasteiger partial charge on any atom is 0.245 e. The monoisotopic (exact) mass is 154 g/mol. The molecule has 0 unspecified atom stereocenters. The first kappa shape index (κ1) is 8.11. The summed E-state index contributed by atoms with van der Waals surface area (Å²) in [5.74, 6) is -0.322. The zero-order chi connectivity index (χ0) is 8.27. The third-order valence-electron chi connectivity index (χ3n) is 1.91. The Balaban J connectivity index is 2.49. The quantitative estimate of drug-likeness (QED) is 0.588. The summed E-state index contributed by atoms with van der Waals surface area (Å²) in [5.41, 5.74) is 5.73. The van der Waals surface area contributed by atoms with Gasteiger partial charge in [0.15, 0.2) is 0 Å². The van der Waals surface area contributed by atoms with Gasteiger partial charge in [0.05, 0.1) is 0 Å². The Morgan fingerprint density at radius 1 is 1.45 bits per heavy atom. The van der Waals surface area contributed by atoms with Crippen LogP contribution in [0.25, 0.3) is 0 Å². The second-order valence-corrected chi connectivity index (χ2v) is 2.92. The molecular formula is C8H14N2O. The predicted octanol–water partition coefficient (Wildman–Crippen LogP) is 0.471. The van der Waals surface area contributed by atoms with Gasteiger partial charge in [-0.25, -0.2) is 0 Å². The molecule has 0 atom stereocenters. The van der Waals surface area contributed by atoms with Gasteiger partial charge in [0.1, 0.15) is 0 Å². The Bertz CT molecular complexity index is 181. The molecule has 0 aromatic heterocycles. The lowest BCUT2D eigenvalue weighted by atomic mass is 10.3. The van der Waals surface area contributed by atoms with Crippen LogP contribution < -0.4 is 5.73 Å². The molecule has 1 fully saturated rings. The van der Waals surface area contributed by atoms with Gasteiger partial charge in [-0.15, -0.1) is 0 Å². The Morgan fingerprint density at radius 2 is 2.00 bits per heavy atom. The van der Waals surface area contributed by atoms with Gasteiger partial charge >= 0.3 is 0 Å². The first-order valence-corrected chi connectivity index (χ1v) is 3.92. The van der Waals surface area contributed by atoms with Gasteiger partial charge in [0.2, 0.25) is 5.91 Å². The van der Waals surface area contributed by atoms with Crippen molar-refractivity contribution in [2.24, 2.45) is 5.73 Å². The number of amides is 1. The number of carbonyl (C=O) groups excluding carboxylic acids is 1. The van der Waals surface area contributed by atoms with E-state index in [9.17, 15) is 4.79 Å². The molecular weight excluding hydrogens is 140 g/mol. The Hall–Kier alpha value is -0.990. The number of rotatable bonds is 2. The fourth-order valence-corrected chi connectivity index (χ4v) is 1.21. The van der Waals surface area contributed by atoms with Crippen LogP contribution in [0, 0.1) is 0 Å². The minimum Gasteiger partial charge on any atom is -0.377 e. The molecule has 0 spiro atoms. The molecule has 2 N–H and O–H groups in total. The number of primary amides is 1.